The number of anilines is 1. The third-order valence-electron chi connectivity index (χ3n) is 4.22. The van der Waals surface area contributed by atoms with Gasteiger partial charge in [0.25, 0.3) is 0 Å². The summed E-state index contributed by atoms with van der Waals surface area (Å²) in [5.74, 6) is 2.72. The molecule has 2 aromatic rings. The maximum absolute atomic E-state index is 9.65. The molecule has 0 aromatic carbocycles. The summed E-state index contributed by atoms with van der Waals surface area (Å²) in [5.41, 5.74) is 1.47. The minimum Gasteiger partial charge on any atom is -0.394 e. The third kappa shape index (κ3) is 3.59. The number of fused-ring (bicyclic) bond motifs is 1. The van der Waals surface area contributed by atoms with Gasteiger partial charge in [-0.05, 0) is 30.8 Å². The monoisotopic (exact) mass is 337 g/mol. The zero-order valence-corrected chi connectivity index (χ0v) is 14.1. The summed E-state index contributed by atoms with van der Waals surface area (Å²) < 4.78 is 1.77. The van der Waals surface area contributed by atoms with E-state index in [0.717, 1.165) is 24.4 Å². The molecule has 2 aromatic heterocycles. The Hall–Kier alpha value is -1.38. The Balaban J connectivity index is 1.86. The molecule has 1 aliphatic heterocycles. The number of imidazole rings is 1. The van der Waals surface area contributed by atoms with Gasteiger partial charge in [0.05, 0.1) is 25.6 Å². The summed E-state index contributed by atoms with van der Waals surface area (Å²) in [6, 6.07) is 0. The summed E-state index contributed by atoms with van der Waals surface area (Å²) in [5, 5.41) is 18.7. The van der Waals surface area contributed by atoms with Crippen molar-refractivity contribution < 1.29 is 10.2 Å². The van der Waals surface area contributed by atoms with E-state index in [-0.39, 0.29) is 13.2 Å². The molecule has 0 radical (unpaired) electrons. The van der Waals surface area contributed by atoms with Gasteiger partial charge in [-0.15, -0.1) is 0 Å². The quantitative estimate of drug-likeness (QED) is 0.804. The Morgan fingerprint density at radius 3 is 3.04 bits per heavy atom. The molecule has 8 heteroatoms. The lowest BCUT2D eigenvalue weighted by molar-refractivity contribution is 0.0820. The number of aliphatic hydroxyl groups excluding tert-OH is 2. The van der Waals surface area contributed by atoms with Crippen molar-refractivity contribution in [3.8, 4) is 0 Å². The Labute approximate surface area is 139 Å². The molecular weight excluding hydrogens is 314 g/mol. The van der Waals surface area contributed by atoms with Crippen LogP contribution in [0.1, 0.15) is 12.8 Å². The first-order chi connectivity index (χ1) is 11.2. The van der Waals surface area contributed by atoms with Crippen LogP contribution in [0.5, 0.6) is 0 Å². The number of piperidine rings is 1. The molecule has 0 saturated carbocycles. The first-order valence-electron chi connectivity index (χ1n) is 7.91. The average molecular weight is 337 g/mol. The molecule has 3 heterocycles. The van der Waals surface area contributed by atoms with Gasteiger partial charge in [-0.25, -0.2) is 15.0 Å². The highest BCUT2D eigenvalue weighted by Crippen LogP contribution is 2.27. The van der Waals surface area contributed by atoms with Crippen molar-refractivity contribution >= 4 is 28.7 Å². The van der Waals surface area contributed by atoms with E-state index in [9.17, 15) is 5.11 Å². The molecule has 23 heavy (non-hydrogen) atoms. The second-order valence-corrected chi connectivity index (χ2v) is 6.92. The lowest BCUT2D eigenvalue weighted by atomic mass is 10.00. The molecule has 2 N–H and O–H groups in total. The predicted molar refractivity (Wildman–Crippen MR) is 91.7 cm³/mol. The van der Waals surface area contributed by atoms with E-state index in [4.69, 9.17) is 5.11 Å². The van der Waals surface area contributed by atoms with Gasteiger partial charge in [0, 0.05) is 13.1 Å². The van der Waals surface area contributed by atoms with Gasteiger partial charge in [-0.3, -0.25) is 0 Å². The van der Waals surface area contributed by atoms with Crippen molar-refractivity contribution in [2.75, 3.05) is 36.6 Å². The van der Waals surface area contributed by atoms with Gasteiger partial charge < -0.3 is 19.7 Å². The van der Waals surface area contributed by atoms with Crippen molar-refractivity contribution in [2.24, 2.45) is 5.92 Å². The smallest absolute Gasteiger partial charge is 0.165 e. The normalized spacial score (nSPS) is 20.1. The van der Waals surface area contributed by atoms with Crippen molar-refractivity contribution in [3.63, 3.8) is 0 Å². The molecule has 1 aliphatic rings. The van der Waals surface area contributed by atoms with Gasteiger partial charge in [0.1, 0.15) is 6.33 Å². The number of nitrogens with zero attached hydrogens (tertiary/aromatic N) is 5. The second kappa shape index (κ2) is 7.46. The molecule has 3 rings (SSSR count). The van der Waals surface area contributed by atoms with Crippen LogP contribution in [-0.4, -0.2) is 67.5 Å². The fourth-order valence-electron chi connectivity index (χ4n) is 3.15. The predicted octanol–water partition coefficient (Wildman–Crippen LogP) is 0.759. The first kappa shape index (κ1) is 16.5. The molecule has 0 spiro atoms. The van der Waals surface area contributed by atoms with E-state index < -0.39 is 6.10 Å². The van der Waals surface area contributed by atoms with E-state index in [1.807, 2.05) is 11.8 Å². The van der Waals surface area contributed by atoms with E-state index in [2.05, 4.69) is 26.1 Å². The maximum atomic E-state index is 9.65. The van der Waals surface area contributed by atoms with Crippen molar-refractivity contribution in [1.29, 1.82) is 0 Å². The highest BCUT2D eigenvalue weighted by molar-refractivity contribution is 7.98. The Morgan fingerprint density at radius 1 is 1.39 bits per heavy atom. The van der Waals surface area contributed by atoms with E-state index >= 15 is 0 Å². The third-order valence-corrected chi connectivity index (χ3v) is 5.03. The SMILES string of the molecule is CSCC1CCCN(c2ncnc3c2ncn3CC(O)CO)C1. The average Bonchev–Trinajstić information content (AvgIpc) is 2.98. The molecule has 126 valence electrons. The van der Waals surface area contributed by atoms with Crippen LogP contribution in [0.25, 0.3) is 11.2 Å². The van der Waals surface area contributed by atoms with Crippen molar-refractivity contribution in [2.45, 2.75) is 25.5 Å². The van der Waals surface area contributed by atoms with E-state index in [0.29, 0.717) is 11.6 Å². The summed E-state index contributed by atoms with van der Waals surface area (Å²) in [6.07, 6.45) is 6.98. The highest BCUT2D eigenvalue weighted by Gasteiger charge is 2.23. The molecule has 0 bridgehead atoms. The molecule has 2 atom stereocenters. The van der Waals surface area contributed by atoms with Gasteiger partial charge in [0.15, 0.2) is 17.0 Å². The lowest BCUT2D eigenvalue weighted by Crippen LogP contribution is -2.37. The summed E-state index contributed by atoms with van der Waals surface area (Å²) >= 11 is 1.89. The van der Waals surface area contributed by atoms with Crippen LogP contribution in [0.4, 0.5) is 5.82 Å². The van der Waals surface area contributed by atoms with E-state index in [1.54, 1.807) is 17.2 Å². The molecule has 1 fully saturated rings. The molecule has 1 saturated heterocycles. The van der Waals surface area contributed by atoms with Crippen LogP contribution in [0, 0.1) is 5.92 Å². The van der Waals surface area contributed by atoms with Crippen molar-refractivity contribution in [3.05, 3.63) is 12.7 Å². The minimum absolute atomic E-state index is 0.276. The molecule has 0 aliphatic carbocycles. The zero-order valence-electron chi connectivity index (χ0n) is 13.3. The van der Waals surface area contributed by atoms with Crippen LogP contribution < -0.4 is 4.90 Å². The van der Waals surface area contributed by atoms with Crippen LogP contribution in [0.15, 0.2) is 12.7 Å². The Kier molecular flexibility index (Phi) is 5.34. The number of hydrogen-bond acceptors (Lipinski definition) is 7. The lowest BCUT2D eigenvalue weighted by Gasteiger charge is -2.33. The largest absolute Gasteiger partial charge is 0.394 e. The van der Waals surface area contributed by atoms with Crippen LogP contribution in [-0.2, 0) is 6.54 Å². The second-order valence-electron chi connectivity index (χ2n) is 6.01. The fraction of sp³-hybridized carbons (Fsp3) is 0.667. The number of hydrogen-bond donors (Lipinski definition) is 2. The van der Waals surface area contributed by atoms with E-state index in [1.165, 1.54) is 18.6 Å². The number of aromatic nitrogens is 4. The number of aliphatic hydroxyl groups is 2. The molecular formula is C15H23N5O2S. The summed E-state index contributed by atoms with van der Waals surface area (Å²) in [6.45, 7) is 1.99. The highest BCUT2D eigenvalue weighted by atomic mass is 32.2. The Bertz CT molecular complexity index is 648. The van der Waals surface area contributed by atoms with Gasteiger partial charge in [0.2, 0.25) is 0 Å². The van der Waals surface area contributed by atoms with Gasteiger partial charge in [-0.2, -0.15) is 11.8 Å². The van der Waals surface area contributed by atoms with Crippen molar-refractivity contribution in [1.82, 2.24) is 19.5 Å². The maximum Gasteiger partial charge on any atom is 0.165 e. The minimum atomic E-state index is -0.813. The zero-order chi connectivity index (χ0) is 16.2. The Morgan fingerprint density at radius 2 is 2.26 bits per heavy atom. The van der Waals surface area contributed by atoms with Gasteiger partial charge >= 0.3 is 0 Å². The molecule has 0 amide bonds. The van der Waals surface area contributed by atoms with Crippen LogP contribution >= 0.6 is 11.8 Å². The number of thioether (sulfide) groups is 1. The fourth-order valence-corrected chi connectivity index (χ4v) is 3.89. The van der Waals surface area contributed by atoms with Crippen LogP contribution in [0.3, 0.4) is 0 Å². The summed E-state index contributed by atoms with van der Waals surface area (Å²) in [4.78, 5) is 15.5. The van der Waals surface area contributed by atoms with Gasteiger partial charge in [-0.1, -0.05) is 0 Å². The summed E-state index contributed by atoms with van der Waals surface area (Å²) in [7, 11) is 0. The standard InChI is InChI=1S/C15H23N5O2S/c1-23-8-11-3-2-4-19(5-11)14-13-15(17-9-16-14)20(10-18-13)6-12(22)7-21/h9-12,21-22H,2-8H2,1H3. The molecule has 2 unspecified atom stereocenters. The van der Waals surface area contributed by atoms with Crippen LogP contribution in [0.2, 0.25) is 0 Å². The first-order valence-corrected chi connectivity index (χ1v) is 9.31. The number of rotatable bonds is 6. The topological polar surface area (TPSA) is 87.3 Å². The molecule has 7 nitrogen and oxygen atoms in total.